The summed E-state index contributed by atoms with van der Waals surface area (Å²) in [5.41, 5.74) is 0. The van der Waals surface area contributed by atoms with E-state index in [4.69, 9.17) is 16.3 Å². The number of aromatic nitrogens is 2. The van der Waals surface area contributed by atoms with Crippen LogP contribution in [0, 0.1) is 5.82 Å². The summed E-state index contributed by atoms with van der Waals surface area (Å²) in [6, 6.07) is 4.87. The molecule has 0 radical (unpaired) electrons. The molecule has 20 heavy (non-hydrogen) atoms. The summed E-state index contributed by atoms with van der Waals surface area (Å²) in [6.45, 7) is 0. The Hall–Kier alpha value is -2.09. The smallest absolute Gasteiger partial charge is 0.432 e. The molecule has 0 unspecified atom stereocenters. The molecule has 2 rings (SSSR count). The zero-order valence-electron chi connectivity index (χ0n) is 9.49. The largest absolute Gasteiger partial charge is 0.573 e. The van der Waals surface area contributed by atoms with Gasteiger partial charge in [0.25, 0.3) is 5.88 Å². The van der Waals surface area contributed by atoms with Crippen molar-refractivity contribution in [2.75, 3.05) is 0 Å². The van der Waals surface area contributed by atoms with Crippen LogP contribution >= 0.6 is 11.6 Å². The Kier molecular flexibility index (Phi) is 3.93. The Balaban J connectivity index is 2.32. The van der Waals surface area contributed by atoms with Gasteiger partial charge in [-0.15, -0.1) is 13.2 Å². The summed E-state index contributed by atoms with van der Waals surface area (Å²) >= 11 is 5.45. The molecule has 0 saturated carbocycles. The van der Waals surface area contributed by atoms with Crippen LogP contribution in [0.3, 0.4) is 0 Å². The molecule has 0 aliphatic rings. The van der Waals surface area contributed by atoms with Gasteiger partial charge < -0.3 is 9.47 Å². The summed E-state index contributed by atoms with van der Waals surface area (Å²) < 4.78 is 58.7. The average Bonchev–Trinajstić information content (AvgIpc) is 2.34. The third-order valence-electron chi connectivity index (χ3n) is 1.96. The monoisotopic (exact) mass is 308 g/mol. The molecule has 106 valence electrons. The van der Waals surface area contributed by atoms with Gasteiger partial charge in [-0.2, -0.15) is 9.37 Å². The molecule has 4 nitrogen and oxygen atoms in total. The molecule has 0 N–H and O–H groups in total. The summed E-state index contributed by atoms with van der Waals surface area (Å²) in [4.78, 5) is 6.78. The van der Waals surface area contributed by atoms with Crippen LogP contribution in [0.25, 0.3) is 0 Å². The van der Waals surface area contributed by atoms with Crippen molar-refractivity contribution >= 4 is 11.6 Å². The number of para-hydroxylation sites is 2. The number of rotatable bonds is 3. The first kappa shape index (κ1) is 14.3. The molecule has 0 amide bonds. The maximum atomic E-state index is 13.4. The van der Waals surface area contributed by atoms with Crippen LogP contribution < -0.4 is 9.47 Å². The first-order chi connectivity index (χ1) is 9.35. The lowest BCUT2D eigenvalue weighted by molar-refractivity contribution is -0.275. The fourth-order valence-corrected chi connectivity index (χ4v) is 1.38. The van der Waals surface area contributed by atoms with Gasteiger partial charge in [0.05, 0.1) is 6.20 Å². The predicted octanol–water partition coefficient (Wildman–Crippen LogP) is 3.96. The van der Waals surface area contributed by atoms with E-state index in [-0.39, 0.29) is 11.0 Å². The topological polar surface area (TPSA) is 44.2 Å². The van der Waals surface area contributed by atoms with E-state index in [1.165, 1.54) is 12.1 Å². The second-order valence-corrected chi connectivity index (χ2v) is 3.73. The maximum absolute atomic E-state index is 13.4. The van der Waals surface area contributed by atoms with Crippen LogP contribution in [0.15, 0.2) is 30.5 Å². The molecule has 2 aromatic rings. The molecule has 9 heteroatoms. The molecular formula is C11H5ClF4N2O2. The zero-order chi connectivity index (χ0) is 14.8. The van der Waals surface area contributed by atoms with Crippen LogP contribution in [0.4, 0.5) is 17.6 Å². The first-order valence-corrected chi connectivity index (χ1v) is 5.43. The number of alkyl halides is 3. The molecule has 0 atom stereocenters. The molecule has 0 spiro atoms. The van der Waals surface area contributed by atoms with E-state index in [1.807, 2.05) is 0 Å². The van der Waals surface area contributed by atoms with E-state index in [0.717, 1.165) is 18.3 Å². The second kappa shape index (κ2) is 5.49. The summed E-state index contributed by atoms with van der Waals surface area (Å²) in [7, 11) is 0. The minimum atomic E-state index is -4.90. The van der Waals surface area contributed by atoms with Crippen molar-refractivity contribution in [2.24, 2.45) is 0 Å². The van der Waals surface area contributed by atoms with Crippen molar-refractivity contribution in [3.63, 3.8) is 0 Å². The normalized spacial score (nSPS) is 11.2. The van der Waals surface area contributed by atoms with E-state index < -0.39 is 23.8 Å². The van der Waals surface area contributed by atoms with Crippen molar-refractivity contribution in [1.82, 2.24) is 9.97 Å². The molecule has 1 aromatic carbocycles. The van der Waals surface area contributed by atoms with Gasteiger partial charge in [-0.3, -0.25) is 0 Å². The van der Waals surface area contributed by atoms with Crippen molar-refractivity contribution in [3.8, 4) is 17.4 Å². The van der Waals surface area contributed by atoms with Crippen LogP contribution in [-0.2, 0) is 0 Å². The zero-order valence-corrected chi connectivity index (χ0v) is 10.2. The average molecular weight is 309 g/mol. The van der Waals surface area contributed by atoms with Gasteiger partial charge in [0.1, 0.15) is 0 Å². The highest BCUT2D eigenvalue weighted by Gasteiger charge is 2.32. The van der Waals surface area contributed by atoms with Gasteiger partial charge in [-0.1, -0.05) is 12.1 Å². The number of halogens is 5. The number of ether oxygens (including phenoxy) is 2. The van der Waals surface area contributed by atoms with E-state index >= 15 is 0 Å². The maximum Gasteiger partial charge on any atom is 0.573 e. The van der Waals surface area contributed by atoms with Gasteiger partial charge >= 0.3 is 6.36 Å². The number of hydrogen-bond donors (Lipinski definition) is 0. The van der Waals surface area contributed by atoms with Gasteiger partial charge in [0.2, 0.25) is 11.1 Å². The van der Waals surface area contributed by atoms with Gasteiger partial charge in [0.15, 0.2) is 11.5 Å². The molecule has 1 heterocycles. The van der Waals surface area contributed by atoms with E-state index in [1.54, 1.807) is 0 Å². The molecular weight excluding hydrogens is 304 g/mol. The highest BCUT2D eigenvalue weighted by atomic mass is 35.5. The Labute approximate surface area is 114 Å². The Morgan fingerprint density at radius 1 is 1.10 bits per heavy atom. The lowest BCUT2D eigenvalue weighted by Gasteiger charge is -2.13. The fourth-order valence-electron chi connectivity index (χ4n) is 1.25. The Bertz CT molecular complexity index is 622. The third kappa shape index (κ3) is 3.70. The standard InChI is InChI=1S/C11H5ClF4N2O2/c12-10-17-5-6(13)9(18-10)19-7-3-1-2-4-8(7)20-11(14,15)16/h1-5H. The van der Waals surface area contributed by atoms with Crippen LogP contribution in [-0.4, -0.2) is 16.3 Å². The van der Waals surface area contributed by atoms with Crippen LogP contribution in [0.5, 0.6) is 17.4 Å². The minimum absolute atomic E-state index is 0.310. The molecule has 0 aliphatic heterocycles. The molecule has 0 saturated heterocycles. The summed E-state index contributed by atoms with van der Waals surface area (Å²) in [5.74, 6) is -2.58. The lowest BCUT2D eigenvalue weighted by Crippen LogP contribution is -2.17. The Morgan fingerprint density at radius 2 is 1.75 bits per heavy atom. The van der Waals surface area contributed by atoms with Gasteiger partial charge in [-0.05, 0) is 23.7 Å². The Morgan fingerprint density at radius 3 is 2.40 bits per heavy atom. The quantitative estimate of drug-likeness (QED) is 0.636. The van der Waals surface area contributed by atoms with Crippen molar-refractivity contribution in [2.45, 2.75) is 6.36 Å². The number of nitrogens with zero attached hydrogens (tertiary/aromatic N) is 2. The molecule has 0 aliphatic carbocycles. The minimum Gasteiger partial charge on any atom is -0.432 e. The number of benzene rings is 1. The highest BCUT2D eigenvalue weighted by molar-refractivity contribution is 6.28. The highest BCUT2D eigenvalue weighted by Crippen LogP contribution is 2.35. The van der Waals surface area contributed by atoms with Crippen molar-refractivity contribution in [3.05, 3.63) is 41.6 Å². The summed E-state index contributed by atoms with van der Waals surface area (Å²) in [5, 5.41) is -0.310. The van der Waals surface area contributed by atoms with E-state index in [9.17, 15) is 17.6 Å². The fraction of sp³-hybridized carbons (Fsp3) is 0.0909. The van der Waals surface area contributed by atoms with Crippen molar-refractivity contribution in [1.29, 1.82) is 0 Å². The lowest BCUT2D eigenvalue weighted by atomic mass is 10.3. The van der Waals surface area contributed by atoms with Gasteiger partial charge in [0, 0.05) is 0 Å². The van der Waals surface area contributed by atoms with Crippen LogP contribution in [0.2, 0.25) is 5.28 Å². The molecule has 0 fully saturated rings. The van der Waals surface area contributed by atoms with E-state index in [0.29, 0.717) is 0 Å². The SMILES string of the molecule is Fc1cnc(Cl)nc1Oc1ccccc1OC(F)(F)F. The van der Waals surface area contributed by atoms with Crippen molar-refractivity contribution < 1.29 is 27.0 Å². The van der Waals surface area contributed by atoms with E-state index in [2.05, 4.69) is 14.7 Å². The number of hydrogen-bond acceptors (Lipinski definition) is 4. The van der Waals surface area contributed by atoms with Crippen LogP contribution in [0.1, 0.15) is 0 Å². The second-order valence-electron chi connectivity index (χ2n) is 3.39. The molecule has 0 bridgehead atoms. The third-order valence-corrected chi connectivity index (χ3v) is 2.15. The van der Waals surface area contributed by atoms with Gasteiger partial charge in [-0.25, -0.2) is 4.98 Å². The molecule has 1 aromatic heterocycles. The summed E-state index contributed by atoms with van der Waals surface area (Å²) in [6.07, 6.45) is -4.17. The first-order valence-electron chi connectivity index (χ1n) is 5.06. The predicted molar refractivity (Wildman–Crippen MR) is 60.2 cm³/mol.